The van der Waals surface area contributed by atoms with E-state index in [2.05, 4.69) is 0 Å². The maximum atomic E-state index is 12.4. The molecular weight excluding hydrogens is 258 g/mol. The summed E-state index contributed by atoms with van der Waals surface area (Å²) in [5, 5.41) is 3.53. The molecule has 0 saturated carbocycles. The largest absolute Gasteiger partial charge is 0.458 e. The molecule has 6 nitrogen and oxygen atoms in total. The molecule has 0 aliphatic carbocycles. The molecule has 2 atom stereocenters. The average molecular weight is 283 g/mol. The number of nitrogens with zero attached hydrogens (tertiary/aromatic N) is 2. The van der Waals surface area contributed by atoms with E-state index in [1.165, 1.54) is 0 Å². The van der Waals surface area contributed by atoms with Gasteiger partial charge in [0.2, 0.25) is 0 Å². The van der Waals surface area contributed by atoms with Crippen LogP contribution in [0.15, 0.2) is 0 Å². The van der Waals surface area contributed by atoms with Gasteiger partial charge in [-0.05, 0) is 46.5 Å². The number of esters is 1. The standard InChI is InChI=1S/C14H25N3O3/c1-14(2,3)20-13(19)11-7-5-9-16-8-4-6-10(15)12(18)17(11)16/h10-11H,4-9,15H2,1-3H3/t10-,11+/m1/s1. The quantitative estimate of drug-likeness (QED) is 0.715. The maximum absolute atomic E-state index is 12.4. The summed E-state index contributed by atoms with van der Waals surface area (Å²) in [5.74, 6) is -0.484. The summed E-state index contributed by atoms with van der Waals surface area (Å²) in [7, 11) is 0. The number of carbonyl (C=O) groups excluding carboxylic acids is 2. The molecule has 0 spiro atoms. The molecule has 2 N–H and O–H groups in total. The average Bonchev–Trinajstić information content (AvgIpc) is 2.48. The van der Waals surface area contributed by atoms with Gasteiger partial charge in [0.25, 0.3) is 5.91 Å². The van der Waals surface area contributed by atoms with E-state index in [9.17, 15) is 9.59 Å². The van der Waals surface area contributed by atoms with Crippen molar-refractivity contribution in [1.82, 2.24) is 10.0 Å². The van der Waals surface area contributed by atoms with Crippen molar-refractivity contribution < 1.29 is 14.3 Å². The molecular formula is C14H25N3O3. The fourth-order valence-corrected chi connectivity index (χ4v) is 2.78. The van der Waals surface area contributed by atoms with Gasteiger partial charge in [-0.2, -0.15) is 0 Å². The lowest BCUT2D eigenvalue weighted by atomic mass is 10.1. The summed E-state index contributed by atoms with van der Waals surface area (Å²) in [5.41, 5.74) is 5.36. The summed E-state index contributed by atoms with van der Waals surface area (Å²) in [6.45, 7) is 7.08. The Morgan fingerprint density at radius 1 is 1.25 bits per heavy atom. The third-order valence-corrected chi connectivity index (χ3v) is 3.65. The van der Waals surface area contributed by atoms with Crippen LogP contribution >= 0.6 is 0 Å². The van der Waals surface area contributed by atoms with E-state index in [1.54, 1.807) is 5.01 Å². The molecule has 20 heavy (non-hydrogen) atoms. The first kappa shape index (κ1) is 15.3. The highest BCUT2D eigenvalue weighted by Gasteiger charge is 2.42. The lowest BCUT2D eigenvalue weighted by Gasteiger charge is -2.43. The number of ether oxygens (including phenoxy) is 1. The second-order valence-electron chi connectivity index (χ2n) is 6.58. The molecule has 2 saturated heterocycles. The SMILES string of the molecule is CC(C)(C)OC(=O)[C@@H]1CCCN2CCC[C@@H](N)C(=O)N12. The molecule has 2 fully saturated rings. The van der Waals surface area contributed by atoms with E-state index >= 15 is 0 Å². The van der Waals surface area contributed by atoms with Crippen LogP contribution in [-0.2, 0) is 14.3 Å². The van der Waals surface area contributed by atoms with Crippen LogP contribution in [0.25, 0.3) is 0 Å². The van der Waals surface area contributed by atoms with Crippen LogP contribution in [-0.4, -0.2) is 52.7 Å². The van der Waals surface area contributed by atoms with Gasteiger partial charge in [0, 0.05) is 13.1 Å². The second-order valence-corrected chi connectivity index (χ2v) is 6.58. The van der Waals surface area contributed by atoms with Crippen molar-refractivity contribution in [3.05, 3.63) is 0 Å². The lowest BCUT2D eigenvalue weighted by molar-refractivity contribution is -0.183. The minimum absolute atomic E-state index is 0.155. The third-order valence-electron chi connectivity index (χ3n) is 3.65. The van der Waals surface area contributed by atoms with E-state index in [0.717, 1.165) is 25.9 Å². The molecule has 6 heteroatoms. The molecule has 0 aromatic heterocycles. The van der Waals surface area contributed by atoms with Gasteiger partial charge in [0.05, 0.1) is 6.04 Å². The van der Waals surface area contributed by atoms with Crippen LogP contribution in [0, 0.1) is 0 Å². The molecule has 0 aromatic rings. The van der Waals surface area contributed by atoms with Crippen LogP contribution in [0.3, 0.4) is 0 Å². The monoisotopic (exact) mass is 283 g/mol. The van der Waals surface area contributed by atoms with Crippen molar-refractivity contribution in [3.63, 3.8) is 0 Å². The molecule has 2 heterocycles. The number of hydrogen-bond donors (Lipinski definition) is 1. The summed E-state index contributed by atoms with van der Waals surface area (Å²) < 4.78 is 5.45. The molecule has 2 aliphatic heterocycles. The highest BCUT2D eigenvalue weighted by Crippen LogP contribution is 2.25. The van der Waals surface area contributed by atoms with E-state index < -0.39 is 17.7 Å². The second kappa shape index (κ2) is 5.69. The van der Waals surface area contributed by atoms with Crippen LogP contribution in [0.2, 0.25) is 0 Å². The van der Waals surface area contributed by atoms with Crippen molar-refractivity contribution in [1.29, 1.82) is 0 Å². The smallest absolute Gasteiger partial charge is 0.331 e. The Labute approximate surface area is 120 Å². The first-order chi connectivity index (χ1) is 9.29. The molecule has 114 valence electrons. The molecule has 1 amide bonds. The van der Waals surface area contributed by atoms with Gasteiger partial charge in [-0.1, -0.05) is 0 Å². The van der Waals surface area contributed by atoms with Crippen LogP contribution in [0.5, 0.6) is 0 Å². The number of hydrazine groups is 1. The Morgan fingerprint density at radius 3 is 2.45 bits per heavy atom. The Kier molecular flexibility index (Phi) is 4.34. The molecule has 0 bridgehead atoms. The highest BCUT2D eigenvalue weighted by atomic mass is 16.6. The van der Waals surface area contributed by atoms with Crippen molar-refractivity contribution >= 4 is 11.9 Å². The van der Waals surface area contributed by atoms with Gasteiger partial charge < -0.3 is 10.5 Å². The topological polar surface area (TPSA) is 75.9 Å². The zero-order valence-corrected chi connectivity index (χ0v) is 12.6. The molecule has 2 rings (SSSR count). The van der Waals surface area contributed by atoms with Gasteiger partial charge in [0.1, 0.15) is 11.6 Å². The Balaban J connectivity index is 2.18. The van der Waals surface area contributed by atoms with Crippen molar-refractivity contribution in [2.24, 2.45) is 5.73 Å². The highest BCUT2D eigenvalue weighted by molar-refractivity contribution is 5.87. The maximum Gasteiger partial charge on any atom is 0.331 e. The number of rotatable bonds is 1. The Bertz CT molecular complexity index is 392. The number of fused-ring (bicyclic) bond motifs is 1. The molecule has 0 unspecified atom stereocenters. The first-order valence-electron chi connectivity index (χ1n) is 7.36. The van der Waals surface area contributed by atoms with Crippen LogP contribution in [0.4, 0.5) is 0 Å². The minimum atomic E-state index is -0.545. The fraction of sp³-hybridized carbons (Fsp3) is 0.857. The van der Waals surface area contributed by atoms with E-state index in [4.69, 9.17) is 10.5 Å². The Morgan fingerprint density at radius 2 is 1.85 bits per heavy atom. The van der Waals surface area contributed by atoms with Crippen molar-refractivity contribution in [3.8, 4) is 0 Å². The van der Waals surface area contributed by atoms with Gasteiger partial charge >= 0.3 is 5.97 Å². The van der Waals surface area contributed by atoms with Gasteiger partial charge in [0.15, 0.2) is 0 Å². The van der Waals surface area contributed by atoms with Crippen molar-refractivity contribution in [2.45, 2.75) is 64.1 Å². The summed E-state index contributed by atoms with van der Waals surface area (Å²) in [6.07, 6.45) is 3.09. The zero-order chi connectivity index (χ0) is 14.9. The number of carbonyl (C=O) groups is 2. The zero-order valence-electron chi connectivity index (χ0n) is 12.6. The normalized spacial score (nSPS) is 28.8. The van der Waals surface area contributed by atoms with Crippen molar-refractivity contribution in [2.75, 3.05) is 13.1 Å². The molecule has 0 aromatic carbocycles. The minimum Gasteiger partial charge on any atom is -0.458 e. The Hall–Kier alpha value is -1.14. The predicted molar refractivity (Wildman–Crippen MR) is 74.5 cm³/mol. The first-order valence-corrected chi connectivity index (χ1v) is 7.36. The molecule has 2 aliphatic rings. The lowest BCUT2D eigenvalue weighted by Crippen LogP contribution is -2.61. The number of amides is 1. The van der Waals surface area contributed by atoms with Gasteiger partial charge in [-0.15, -0.1) is 0 Å². The molecule has 0 radical (unpaired) electrons. The van der Waals surface area contributed by atoms with Gasteiger partial charge in [-0.3, -0.25) is 9.80 Å². The van der Waals surface area contributed by atoms with Crippen LogP contribution < -0.4 is 5.73 Å². The van der Waals surface area contributed by atoms with E-state index in [-0.39, 0.29) is 11.9 Å². The summed E-state index contributed by atoms with van der Waals surface area (Å²) in [6, 6.07) is -1.04. The third kappa shape index (κ3) is 3.30. The predicted octanol–water partition coefficient (Wildman–Crippen LogP) is 0.657. The van der Waals surface area contributed by atoms with Gasteiger partial charge in [-0.25, -0.2) is 9.80 Å². The fourth-order valence-electron chi connectivity index (χ4n) is 2.78. The van der Waals surface area contributed by atoms with E-state index in [0.29, 0.717) is 12.8 Å². The summed E-state index contributed by atoms with van der Waals surface area (Å²) in [4.78, 5) is 24.8. The van der Waals surface area contributed by atoms with E-state index in [1.807, 2.05) is 25.8 Å². The summed E-state index contributed by atoms with van der Waals surface area (Å²) >= 11 is 0. The number of nitrogens with two attached hydrogens (primary N) is 1. The number of hydrogen-bond acceptors (Lipinski definition) is 5. The van der Waals surface area contributed by atoms with Crippen LogP contribution in [0.1, 0.15) is 46.5 Å².